The highest BCUT2D eigenvalue weighted by molar-refractivity contribution is 5.58. The van der Waals surface area contributed by atoms with Crippen molar-refractivity contribution >= 4 is 18.4 Å². The first-order chi connectivity index (χ1) is 9.62. The molecule has 0 aliphatic heterocycles. The van der Waals surface area contributed by atoms with Gasteiger partial charge in [0.1, 0.15) is 0 Å². The summed E-state index contributed by atoms with van der Waals surface area (Å²) in [6.07, 6.45) is 7.05. The van der Waals surface area contributed by atoms with E-state index in [0.29, 0.717) is 6.42 Å². The maximum Gasteiger partial charge on any atom is 0.246 e. The van der Waals surface area contributed by atoms with Gasteiger partial charge in [-0.1, -0.05) is 47.8 Å². The quantitative estimate of drug-likeness (QED) is 0.541. The van der Waals surface area contributed by atoms with E-state index in [1.807, 2.05) is 33.8 Å². The molecule has 0 bridgehead atoms. The summed E-state index contributed by atoms with van der Waals surface area (Å²) < 4.78 is 1.77. The first-order valence-electron chi connectivity index (χ1n) is 6.94. The molecule has 0 aliphatic carbocycles. The highest BCUT2D eigenvalue weighted by Gasteiger charge is 2.08. The number of aromatic nitrogens is 1. The van der Waals surface area contributed by atoms with Crippen LogP contribution in [0.3, 0.4) is 0 Å². The van der Waals surface area contributed by atoms with Gasteiger partial charge >= 0.3 is 0 Å². The van der Waals surface area contributed by atoms with Gasteiger partial charge in [0.15, 0.2) is 0 Å². The van der Waals surface area contributed by atoms with Gasteiger partial charge in [0.2, 0.25) is 5.70 Å². The van der Waals surface area contributed by atoms with Crippen LogP contribution in [0.5, 0.6) is 0 Å². The van der Waals surface area contributed by atoms with Crippen molar-refractivity contribution in [1.82, 2.24) is 4.57 Å². The van der Waals surface area contributed by atoms with E-state index in [2.05, 4.69) is 13.2 Å². The number of hydrogen-bond acceptors (Lipinski definition) is 2. The third kappa shape index (κ3) is 6.18. The maximum absolute atomic E-state index is 10.7. The molecule has 4 nitrogen and oxygen atoms in total. The van der Waals surface area contributed by atoms with Gasteiger partial charge in [0, 0.05) is 30.6 Å². The highest BCUT2D eigenvalue weighted by Crippen LogP contribution is 2.15. The summed E-state index contributed by atoms with van der Waals surface area (Å²) in [5.74, 6) is 0. The Morgan fingerprint density at radius 1 is 1.35 bits per heavy atom. The van der Waals surface area contributed by atoms with Crippen molar-refractivity contribution < 1.29 is 4.92 Å². The molecule has 0 atom stereocenters. The number of nitrogens with zero attached hydrogens (tertiary/aromatic N) is 2. The Labute approximate surface area is 122 Å². The summed E-state index contributed by atoms with van der Waals surface area (Å²) in [6.45, 7) is 17.1. The van der Waals surface area contributed by atoms with Crippen LogP contribution in [0.25, 0.3) is 18.4 Å². The summed E-state index contributed by atoms with van der Waals surface area (Å²) in [5, 5.41) is 10.7. The van der Waals surface area contributed by atoms with E-state index in [1.54, 1.807) is 36.0 Å². The van der Waals surface area contributed by atoms with Crippen molar-refractivity contribution in [1.29, 1.82) is 0 Å². The molecule has 0 unspecified atom stereocenters. The van der Waals surface area contributed by atoms with Crippen molar-refractivity contribution in [2.75, 3.05) is 0 Å². The zero-order chi connectivity index (χ0) is 16.1. The van der Waals surface area contributed by atoms with E-state index in [0.717, 1.165) is 11.3 Å². The third-order valence-electron chi connectivity index (χ3n) is 2.24. The average molecular weight is 278 g/mol. The molecule has 1 rings (SSSR count). The molecule has 0 spiro atoms. The lowest BCUT2D eigenvalue weighted by atomic mass is 10.2. The van der Waals surface area contributed by atoms with Crippen LogP contribution >= 0.6 is 0 Å². The molecule has 0 aromatic carbocycles. The predicted molar refractivity (Wildman–Crippen MR) is 88.9 cm³/mol. The maximum atomic E-state index is 10.7. The molecule has 0 aliphatic rings. The largest absolute Gasteiger partial charge is 0.324 e. The fourth-order valence-electron chi connectivity index (χ4n) is 1.40. The number of hydrogen-bond donors (Lipinski definition) is 0. The van der Waals surface area contributed by atoms with Gasteiger partial charge in [-0.2, -0.15) is 0 Å². The highest BCUT2D eigenvalue weighted by atomic mass is 16.6. The Kier molecular flexibility index (Phi) is 12.1. The van der Waals surface area contributed by atoms with Crippen LogP contribution in [0, 0.1) is 10.1 Å². The molecule has 1 heterocycles. The van der Waals surface area contributed by atoms with Gasteiger partial charge in [-0.3, -0.25) is 10.1 Å². The molecule has 20 heavy (non-hydrogen) atoms. The van der Waals surface area contributed by atoms with Crippen LogP contribution < -0.4 is 0 Å². The van der Waals surface area contributed by atoms with Gasteiger partial charge in [-0.05, 0) is 17.7 Å². The molecule has 1 aromatic rings. The molecular formula is C16H26N2O2. The zero-order valence-corrected chi connectivity index (χ0v) is 13.2. The van der Waals surface area contributed by atoms with Crippen LogP contribution in [0.15, 0.2) is 31.1 Å². The Balaban J connectivity index is 0. The minimum absolute atomic E-state index is 0.192. The van der Waals surface area contributed by atoms with E-state index in [4.69, 9.17) is 0 Å². The van der Waals surface area contributed by atoms with Gasteiger partial charge in [-0.25, -0.2) is 0 Å². The van der Waals surface area contributed by atoms with Crippen molar-refractivity contribution in [2.24, 2.45) is 0 Å². The fraction of sp³-hybridized carbons (Fsp3) is 0.375. The molecular weight excluding hydrogens is 252 g/mol. The SMILES string of the molecule is C=Cc1cc(/C=C(\CC)[N+](=O)[O-])cn1C=C.CC.CC. The second kappa shape index (κ2) is 12.0. The number of allylic oxidation sites excluding steroid dienone is 1. The minimum atomic E-state index is -0.362. The molecule has 0 radical (unpaired) electrons. The molecule has 0 saturated heterocycles. The molecule has 0 fully saturated rings. The van der Waals surface area contributed by atoms with Gasteiger partial charge in [0.05, 0.1) is 4.92 Å². The van der Waals surface area contributed by atoms with Gasteiger partial charge in [0.25, 0.3) is 0 Å². The van der Waals surface area contributed by atoms with E-state index < -0.39 is 0 Å². The second-order valence-corrected chi connectivity index (χ2v) is 3.24. The summed E-state index contributed by atoms with van der Waals surface area (Å²) in [7, 11) is 0. The van der Waals surface area contributed by atoms with Crippen molar-refractivity contribution in [3.05, 3.63) is 52.5 Å². The average Bonchev–Trinajstić information content (AvgIpc) is 2.90. The van der Waals surface area contributed by atoms with Crippen LogP contribution in [0.4, 0.5) is 0 Å². The topological polar surface area (TPSA) is 48.1 Å². The second-order valence-electron chi connectivity index (χ2n) is 3.24. The summed E-state index contributed by atoms with van der Waals surface area (Å²) in [6, 6.07) is 1.83. The fourth-order valence-corrected chi connectivity index (χ4v) is 1.40. The van der Waals surface area contributed by atoms with Crippen molar-refractivity contribution in [3.8, 4) is 0 Å². The number of rotatable bonds is 5. The first kappa shape index (κ1) is 20.2. The first-order valence-corrected chi connectivity index (χ1v) is 6.94. The Bertz CT molecular complexity index is 432. The summed E-state index contributed by atoms with van der Waals surface area (Å²) in [5.41, 5.74) is 1.83. The van der Waals surface area contributed by atoms with Crippen LogP contribution in [-0.2, 0) is 0 Å². The Morgan fingerprint density at radius 2 is 1.90 bits per heavy atom. The Morgan fingerprint density at radius 3 is 2.20 bits per heavy atom. The van der Waals surface area contributed by atoms with Crippen molar-refractivity contribution in [3.63, 3.8) is 0 Å². The van der Waals surface area contributed by atoms with Gasteiger partial charge < -0.3 is 4.57 Å². The monoisotopic (exact) mass is 278 g/mol. The van der Waals surface area contributed by atoms with Crippen LogP contribution in [0.1, 0.15) is 52.3 Å². The minimum Gasteiger partial charge on any atom is -0.324 e. The predicted octanol–water partition coefficient (Wildman–Crippen LogP) is 5.31. The molecule has 0 N–H and O–H groups in total. The van der Waals surface area contributed by atoms with Crippen molar-refractivity contribution in [2.45, 2.75) is 41.0 Å². The summed E-state index contributed by atoms with van der Waals surface area (Å²) in [4.78, 5) is 10.3. The third-order valence-corrected chi connectivity index (χ3v) is 2.24. The standard InChI is InChI=1S/C12H14N2O2.2C2H6/c1-4-11-7-10(9-13(11)6-3)8-12(5-2)14(15)16;2*1-2/h4,6-9H,1,3,5H2,2H3;2*1-2H3/b12-8+;;. The summed E-state index contributed by atoms with van der Waals surface area (Å²) >= 11 is 0. The lowest BCUT2D eigenvalue weighted by Crippen LogP contribution is -1.96. The van der Waals surface area contributed by atoms with E-state index in [9.17, 15) is 10.1 Å². The Hall–Kier alpha value is -2.10. The van der Waals surface area contributed by atoms with E-state index in [1.165, 1.54) is 0 Å². The molecule has 112 valence electrons. The van der Waals surface area contributed by atoms with E-state index in [-0.39, 0.29) is 10.6 Å². The van der Waals surface area contributed by atoms with Crippen LogP contribution in [-0.4, -0.2) is 9.49 Å². The van der Waals surface area contributed by atoms with Crippen LogP contribution in [0.2, 0.25) is 0 Å². The zero-order valence-electron chi connectivity index (χ0n) is 13.2. The van der Waals surface area contributed by atoms with Gasteiger partial charge in [-0.15, -0.1) is 0 Å². The lowest BCUT2D eigenvalue weighted by molar-refractivity contribution is -0.425. The molecule has 4 heteroatoms. The molecule has 0 amide bonds. The molecule has 0 saturated carbocycles. The molecule has 1 aromatic heterocycles. The normalized spacial score (nSPS) is 9.55. The lowest BCUT2D eigenvalue weighted by Gasteiger charge is -1.94. The van der Waals surface area contributed by atoms with E-state index >= 15 is 0 Å². The number of nitro groups is 1. The smallest absolute Gasteiger partial charge is 0.246 e.